The Hall–Kier alpha value is -1.22. The van der Waals surface area contributed by atoms with Crippen molar-refractivity contribution in [2.24, 2.45) is 0 Å². The third-order valence-corrected chi connectivity index (χ3v) is 2.30. The number of anilines is 1. The highest BCUT2D eigenvalue weighted by molar-refractivity contribution is 6.29. The van der Waals surface area contributed by atoms with E-state index in [2.05, 4.69) is 5.32 Å². The number of alkyl halides is 1. The van der Waals surface area contributed by atoms with Gasteiger partial charge in [0.05, 0.1) is 0 Å². The number of phenols is 1. The first-order valence-corrected chi connectivity index (χ1v) is 5.26. The molecule has 0 aliphatic heterocycles. The number of phenolic OH excluding ortho intramolecular Hbond substituents is 1. The van der Waals surface area contributed by atoms with Crippen LogP contribution in [-0.2, 0) is 4.79 Å². The van der Waals surface area contributed by atoms with E-state index in [9.17, 15) is 9.90 Å². The molecular weight excluding hydrogens is 214 g/mol. The lowest BCUT2D eigenvalue weighted by Crippen LogP contribution is -2.12. The molecule has 0 unspecified atom stereocenters. The third-order valence-electron chi connectivity index (χ3n) is 2.05. The van der Waals surface area contributed by atoms with Crippen molar-refractivity contribution in [2.75, 3.05) is 11.2 Å². The monoisotopic (exact) mass is 227 g/mol. The molecule has 0 heterocycles. The molecule has 82 valence electrons. The molecule has 4 heteroatoms. The summed E-state index contributed by atoms with van der Waals surface area (Å²) >= 11 is 5.37. The van der Waals surface area contributed by atoms with Crippen LogP contribution in [0.25, 0.3) is 0 Å². The molecule has 0 bridgehead atoms. The van der Waals surface area contributed by atoms with Gasteiger partial charge in [-0.3, -0.25) is 4.79 Å². The van der Waals surface area contributed by atoms with Crippen molar-refractivity contribution in [3.05, 3.63) is 23.8 Å². The Balaban J connectivity index is 2.92. The zero-order valence-electron chi connectivity index (χ0n) is 8.75. The Morgan fingerprint density at radius 3 is 2.73 bits per heavy atom. The van der Waals surface area contributed by atoms with E-state index in [1.165, 1.54) is 0 Å². The Morgan fingerprint density at radius 2 is 2.20 bits per heavy atom. The standard InChI is InChI=1S/C11H14ClNO2/c1-7(2)9-5-8(3-4-10(9)14)13-11(15)6-12/h3-5,7,14H,6H2,1-2H3,(H,13,15). The van der Waals surface area contributed by atoms with Gasteiger partial charge < -0.3 is 10.4 Å². The van der Waals surface area contributed by atoms with Gasteiger partial charge in [0.1, 0.15) is 11.6 Å². The van der Waals surface area contributed by atoms with Gasteiger partial charge >= 0.3 is 0 Å². The Labute approximate surface area is 94.1 Å². The van der Waals surface area contributed by atoms with Crippen LogP contribution in [0.2, 0.25) is 0 Å². The molecule has 0 fully saturated rings. The maximum atomic E-state index is 11.0. The number of rotatable bonds is 3. The predicted molar refractivity (Wildman–Crippen MR) is 61.5 cm³/mol. The molecule has 0 radical (unpaired) electrons. The summed E-state index contributed by atoms with van der Waals surface area (Å²) < 4.78 is 0. The van der Waals surface area contributed by atoms with Crippen LogP contribution >= 0.6 is 11.6 Å². The highest BCUT2D eigenvalue weighted by atomic mass is 35.5. The van der Waals surface area contributed by atoms with Crippen molar-refractivity contribution in [3.63, 3.8) is 0 Å². The molecule has 3 nitrogen and oxygen atoms in total. The van der Waals surface area contributed by atoms with E-state index in [1.807, 2.05) is 13.8 Å². The highest BCUT2D eigenvalue weighted by Gasteiger charge is 2.08. The number of benzene rings is 1. The maximum absolute atomic E-state index is 11.0. The van der Waals surface area contributed by atoms with E-state index < -0.39 is 0 Å². The van der Waals surface area contributed by atoms with Crippen molar-refractivity contribution in [1.82, 2.24) is 0 Å². The molecule has 0 aromatic heterocycles. The number of nitrogens with one attached hydrogen (secondary N) is 1. The molecule has 0 aliphatic carbocycles. The van der Waals surface area contributed by atoms with E-state index in [1.54, 1.807) is 18.2 Å². The quantitative estimate of drug-likeness (QED) is 0.616. The summed E-state index contributed by atoms with van der Waals surface area (Å²) in [5.74, 6) is 0.126. The topological polar surface area (TPSA) is 49.3 Å². The van der Waals surface area contributed by atoms with E-state index >= 15 is 0 Å². The summed E-state index contributed by atoms with van der Waals surface area (Å²) in [4.78, 5) is 11.0. The molecule has 1 rings (SSSR count). The van der Waals surface area contributed by atoms with Gasteiger partial charge in [0.15, 0.2) is 0 Å². The average Bonchev–Trinajstić information content (AvgIpc) is 2.20. The smallest absolute Gasteiger partial charge is 0.239 e. The molecule has 0 spiro atoms. The Morgan fingerprint density at radius 1 is 1.53 bits per heavy atom. The number of carbonyl (C=O) groups is 1. The van der Waals surface area contributed by atoms with Crippen LogP contribution in [-0.4, -0.2) is 16.9 Å². The summed E-state index contributed by atoms with van der Waals surface area (Å²) in [6, 6.07) is 4.97. The third kappa shape index (κ3) is 3.13. The first-order valence-electron chi connectivity index (χ1n) is 4.73. The molecular formula is C11H14ClNO2. The largest absolute Gasteiger partial charge is 0.508 e. The number of hydrogen-bond acceptors (Lipinski definition) is 2. The molecule has 2 N–H and O–H groups in total. The van der Waals surface area contributed by atoms with Crippen LogP contribution in [0.5, 0.6) is 5.75 Å². The van der Waals surface area contributed by atoms with Gasteiger partial charge in [-0.1, -0.05) is 13.8 Å². The lowest BCUT2D eigenvalue weighted by Gasteiger charge is -2.10. The first-order chi connectivity index (χ1) is 7.04. The van der Waals surface area contributed by atoms with Crippen LogP contribution < -0.4 is 5.32 Å². The van der Waals surface area contributed by atoms with Gasteiger partial charge in [0, 0.05) is 5.69 Å². The van der Waals surface area contributed by atoms with Crippen molar-refractivity contribution < 1.29 is 9.90 Å². The van der Waals surface area contributed by atoms with E-state index in [-0.39, 0.29) is 23.5 Å². The second-order valence-corrected chi connectivity index (χ2v) is 3.88. The molecule has 15 heavy (non-hydrogen) atoms. The average molecular weight is 228 g/mol. The van der Waals surface area contributed by atoms with E-state index in [4.69, 9.17) is 11.6 Å². The molecule has 1 amide bonds. The summed E-state index contributed by atoms with van der Waals surface area (Å²) in [5, 5.41) is 12.2. The van der Waals surface area contributed by atoms with Gasteiger partial charge in [-0.15, -0.1) is 11.6 Å². The van der Waals surface area contributed by atoms with Crippen molar-refractivity contribution in [3.8, 4) is 5.75 Å². The second kappa shape index (κ2) is 5.03. The summed E-state index contributed by atoms with van der Waals surface area (Å²) in [6.07, 6.45) is 0. The van der Waals surface area contributed by atoms with Gasteiger partial charge in [0.2, 0.25) is 5.91 Å². The van der Waals surface area contributed by atoms with Crippen LogP contribution in [0.3, 0.4) is 0 Å². The fourth-order valence-electron chi connectivity index (χ4n) is 1.29. The summed E-state index contributed by atoms with van der Waals surface area (Å²) in [6.45, 7) is 3.95. The van der Waals surface area contributed by atoms with Gasteiger partial charge in [-0.05, 0) is 29.7 Å². The maximum Gasteiger partial charge on any atom is 0.239 e. The lowest BCUT2D eigenvalue weighted by molar-refractivity contribution is -0.113. The summed E-state index contributed by atoms with van der Waals surface area (Å²) in [5.41, 5.74) is 1.46. The fourth-order valence-corrected chi connectivity index (χ4v) is 1.36. The zero-order chi connectivity index (χ0) is 11.4. The Bertz CT molecular complexity index is 364. The second-order valence-electron chi connectivity index (χ2n) is 3.61. The van der Waals surface area contributed by atoms with Gasteiger partial charge in [-0.25, -0.2) is 0 Å². The predicted octanol–water partition coefficient (Wildman–Crippen LogP) is 2.69. The number of carbonyl (C=O) groups excluding carboxylic acids is 1. The minimum absolute atomic E-state index is 0.0715. The first kappa shape index (κ1) is 11.9. The van der Waals surface area contributed by atoms with Crippen LogP contribution in [0.4, 0.5) is 5.69 Å². The van der Waals surface area contributed by atoms with Gasteiger partial charge in [0.25, 0.3) is 0 Å². The lowest BCUT2D eigenvalue weighted by atomic mass is 10.0. The van der Waals surface area contributed by atoms with Crippen LogP contribution in [0.1, 0.15) is 25.3 Å². The molecule has 0 atom stereocenters. The molecule has 0 saturated heterocycles. The number of amides is 1. The zero-order valence-corrected chi connectivity index (χ0v) is 9.51. The molecule has 0 aliphatic rings. The number of aromatic hydroxyl groups is 1. The van der Waals surface area contributed by atoms with Crippen molar-refractivity contribution in [1.29, 1.82) is 0 Å². The highest BCUT2D eigenvalue weighted by Crippen LogP contribution is 2.28. The summed E-state index contributed by atoms with van der Waals surface area (Å²) in [7, 11) is 0. The van der Waals surface area contributed by atoms with Crippen molar-refractivity contribution in [2.45, 2.75) is 19.8 Å². The van der Waals surface area contributed by atoms with E-state index in [0.717, 1.165) is 5.56 Å². The minimum Gasteiger partial charge on any atom is -0.508 e. The number of halogens is 1. The molecule has 1 aromatic rings. The normalized spacial score (nSPS) is 10.4. The van der Waals surface area contributed by atoms with Crippen molar-refractivity contribution >= 4 is 23.2 Å². The minimum atomic E-state index is -0.253. The SMILES string of the molecule is CC(C)c1cc(NC(=O)CCl)ccc1O. The fraction of sp³-hybridized carbons (Fsp3) is 0.364. The molecule has 0 saturated carbocycles. The van der Waals surface area contributed by atoms with Crippen LogP contribution in [0, 0.1) is 0 Å². The Kier molecular flexibility index (Phi) is 3.97. The van der Waals surface area contributed by atoms with Gasteiger partial charge in [-0.2, -0.15) is 0 Å². The van der Waals surface area contributed by atoms with Crippen LogP contribution in [0.15, 0.2) is 18.2 Å². The molecule has 1 aromatic carbocycles. The van der Waals surface area contributed by atoms with E-state index in [0.29, 0.717) is 5.69 Å². The number of hydrogen-bond donors (Lipinski definition) is 2.